The molecule has 31 heavy (non-hydrogen) atoms. The Hall–Kier alpha value is -2.97. The minimum absolute atomic E-state index is 0.120. The van der Waals surface area contributed by atoms with Crippen LogP contribution in [-0.2, 0) is 16.1 Å². The molecule has 0 aromatic heterocycles. The van der Waals surface area contributed by atoms with Crippen LogP contribution in [0.15, 0.2) is 48.5 Å². The van der Waals surface area contributed by atoms with Crippen molar-refractivity contribution in [2.45, 2.75) is 6.54 Å². The highest BCUT2D eigenvalue weighted by Crippen LogP contribution is 2.10. The largest absolute Gasteiger partial charge is 0.347 e. The number of carbonyl (C=O) groups is 3. The predicted molar refractivity (Wildman–Crippen MR) is 115 cm³/mol. The van der Waals surface area contributed by atoms with E-state index in [-0.39, 0.29) is 18.3 Å². The first-order valence-corrected chi connectivity index (χ1v) is 10.4. The first kappa shape index (κ1) is 22.7. The zero-order valence-corrected chi connectivity index (χ0v) is 17.7. The number of rotatable bonds is 6. The molecule has 3 amide bonds. The molecule has 0 atom stereocenters. The number of benzene rings is 2. The normalized spacial score (nSPS) is 14.2. The van der Waals surface area contributed by atoms with Gasteiger partial charge in [-0.05, 0) is 42.0 Å². The fraction of sp³-hybridized carbons (Fsp3) is 0.318. The first-order valence-electron chi connectivity index (χ1n) is 10.00. The summed E-state index contributed by atoms with van der Waals surface area (Å²) in [6.45, 7) is 3.57. The van der Waals surface area contributed by atoms with Crippen LogP contribution in [-0.4, -0.2) is 66.8 Å². The smallest absolute Gasteiger partial charge is 0.309 e. The van der Waals surface area contributed by atoms with E-state index < -0.39 is 11.8 Å². The lowest BCUT2D eigenvalue weighted by Gasteiger charge is -2.34. The summed E-state index contributed by atoms with van der Waals surface area (Å²) in [6.07, 6.45) is 0. The molecule has 0 bridgehead atoms. The molecule has 1 aliphatic heterocycles. The molecule has 0 aliphatic carbocycles. The second-order valence-corrected chi connectivity index (χ2v) is 7.64. The van der Waals surface area contributed by atoms with Crippen molar-refractivity contribution in [2.24, 2.45) is 0 Å². The lowest BCUT2D eigenvalue weighted by atomic mass is 10.2. The van der Waals surface area contributed by atoms with Gasteiger partial charge in [0.2, 0.25) is 0 Å². The predicted octanol–water partition coefficient (Wildman–Crippen LogP) is 1.67. The van der Waals surface area contributed by atoms with E-state index in [2.05, 4.69) is 15.5 Å². The molecule has 0 radical (unpaired) electrons. The van der Waals surface area contributed by atoms with Gasteiger partial charge in [-0.3, -0.25) is 19.3 Å². The van der Waals surface area contributed by atoms with E-state index in [4.69, 9.17) is 11.6 Å². The van der Waals surface area contributed by atoms with Gasteiger partial charge in [-0.1, -0.05) is 23.7 Å². The SMILES string of the molecule is O=C(NCCN1CCN(C(=O)c2ccc(F)cc2)CC1)C(=O)NCc1ccc(Cl)cc1. The van der Waals surface area contributed by atoms with E-state index in [1.54, 1.807) is 29.2 Å². The number of amides is 3. The minimum Gasteiger partial charge on any atom is -0.347 e. The quantitative estimate of drug-likeness (QED) is 0.661. The molecule has 1 heterocycles. The van der Waals surface area contributed by atoms with Gasteiger partial charge in [0.05, 0.1) is 0 Å². The summed E-state index contributed by atoms with van der Waals surface area (Å²) in [4.78, 5) is 40.1. The number of hydrogen-bond acceptors (Lipinski definition) is 4. The number of halogens is 2. The van der Waals surface area contributed by atoms with Crippen LogP contribution in [0, 0.1) is 5.82 Å². The van der Waals surface area contributed by atoms with E-state index >= 15 is 0 Å². The first-order chi connectivity index (χ1) is 14.9. The second kappa shape index (κ2) is 10.9. The molecule has 2 aromatic rings. The van der Waals surface area contributed by atoms with Gasteiger partial charge in [0.15, 0.2) is 0 Å². The van der Waals surface area contributed by atoms with E-state index in [9.17, 15) is 18.8 Å². The van der Waals surface area contributed by atoms with Crippen molar-refractivity contribution in [2.75, 3.05) is 39.3 Å². The average molecular weight is 447 g/mol. The molecule has 9 heteroatoms. The summed E-state index contributed by atoms with van der Waals surface area (Å²) in [6, 6.07) is 12.5. The van der Waals surface area contributed by atoms with Crippen LogP contribution in [0.4, 0.5) is 4.39 Å². The highest BCUT2D eigenvalue weighted by molar-refractivity contribution is 6.35. The van der Waals surface area contributed by atoms with Crippen molar-refractivity contribution >= 4 is 29.3 Å². The summed E-state index contributed by atoms with van der Waals surface area (Å²) >= 11 is 5.82. The van der Waals surface area contributed by atoms with E-state index in [1.807, 2.05) is 0 Å². The summed E-state index contributed by atoms with van der Waals surface area (Å²) in [5.74, 6) is -1.86. The van der Waals surface area contributed by atoms with Crippen molar-refractivity contribution in [3.8, 4) is 0 Å². The van der Waals surface area contributed by atoms with E-state index in [1.165, 1.54) is 24.3 Å². The van der Waals surface area contributed by atoms with E-state index in [0.717, 1.165) is 5.56 Å². The third-order valence-corrected chi connectivity index (χ3v) is 5.29. The molecule has 1 saturated heterocycles. The van der Waals surface area contributed by atoms with Crippen LogP contribution in [0.5, 0.6) is 0 Å². The molecule has 0 unspecified atom stereocenters. The van der Waals surface area contributed by atoms with Crippen LogP contribution in [0.2, 0.25) is 5.02 Å². The van der Waals surface area contributed by atoms with E-state index in [0.29, 0.717) is 49.9 Å². The van der Waals surface area contributed by atoms with Crippen molar-refractivity contribution < 1.29 is 18.8 Å². The molecular weight excluding hydrogens is 423 g/mol. The van der Waals surface area contributed by atoms with Gasteiger partial charge < -0.3 is 15.5 Å². The average Bonchev–Trinajstić information content (AvgIpc) is 2.79. The third-order valence-electron chi connectivity index (χ3n) is 5.04. The second-order valence-electron chi connectivity index (χ2n) is 7.21. The Morgan fingerprint density at radius 2 is 1.48 bits per heavy atom. The van der Waals surface area contributed by atoms with Crippen molar-refractivity contribution in [1.82, 2.24) is 20.4 Å². The Labute approximate surface area is 185 Å². The number of nitrogens with one attached hydrogen (secondary N) is 2. The maximum atomic E-state index is 13.0. The Morgan fingerprint density at radius 3 is 2.13 bits per heavy atom. The lowest BCUT2D eigenvalue weighted by Crippen LogP contribution is -2.50. The van der Waals surface area contributed by atoms with Gasteiger partial charge >= 0.3 is 11.8 Å². The molecule has 0 spiro atoms. The fourth-order valence-electron chi connectivity index (χ4n) is 3.22. The number of piperazine rings is 1. The summed E-state index contributed by atoms with van der Waals surface area (Å²) in [7, 11) is 0. The van der Waals surface area contributed by atoms with Crippen molar-refractivity contribution in [3.05, 3.63) is 70.5 Å². The van der Waals surface area contributed by atoms with Gasteiger partial charge in [-0.25, -0.2) is 4.39 Å². The molecule has 2 N–H and O–H groups in total. The number of hydrogen-bond donors (Lipinski definition) is 2. The van der Waals surface area contributed by atoms with Gasteiger partial charge in [0, 0.05) is 56.4 Å². The Kier molecular flexibility index (Phi) is 7.97. The van der Waals surface area contributed by atoms with Crippen LogP contribution in [0.3, 0.4) is 0 Å². The zero-order valence-electron chi connectivity index (χ0n) is 16.9. The van der Waals surface area contributed by atoms with Crippen LogP contribution in [0.25, 0.3) is 0 Å². The molecule has 0 saturated carbocycles. The van der Waals surface area contributed by atoms with Gasteiger partial charge in [-0.2, -0.15) is 0 Å². The molecule has 2 aromatic carbocycles. The standard InChI is InChI=1S/C22H24ClFN4O3/c23-18-5-1-16(2-6-18)15-26-21(30)20(29)25-9-10-27-11-13-28(14-12-27)22(31)17-3-7-19(24)8-4-17/h1-8H,9-15H2,(H,25,29)(H,26,30). The summed E-state index contributed by atoms with van der Waals surface area (Å²) in [5.41, 5.74) is 1.31. The van der Waals surface area contributed by atoms with Gasteiger partial charge in [-0.15, -0.1) is 0 Å². The Balaban J connectivity index is 1.33. The van der Waals surface area contributed by atoms with Crippen LogP contribution >= 0.6 is 11.6 Å². The van der Waals surface area contributed by atoms with Crippen molar-refractivity contribution in [3.63, 3.8) is 0 Å². The molecular formula is C22H24ClFN4O3. The maximum Gasteiger partial charge on any atom is 0.309 e. The topological polar surface area (TPSA) is 81.8 Å². The highest BCUT2D eigenvalue weighted by Gasteiger charge is 2.22. The summed E-state index contributed by atoms with van der Waals surface area (Å²) < 4.78 is 13.0. The van der Waals surface area contributed by atoms with Crippen LogP contribution in [0.1, 0.15) is 15.9 Å². The Morgan fingerprint density at radius 1 is 0.871 bits per heavy atom. The zero-order chi connectivity index (χ0) is 22.2. The molecule has 7 nitrogen and oxygen atoms in total. The third kappa shape index (κ3) is 6.77. The minimum atomic E-state index is -0.690. The lowest BCUT2D eigenvalue weighted by molar-refractivity contribution is -0.139. The molecule has 3 rings (SSSR count). The Bertz CT molecular complexity index is 913. The maximum absolute atomic E-state index is 13.0. The number of nitrogens with zero attached hydrogens (tertiary/aromatic N) is 2. The molecule has 1 aliphatic rings. The van der Waals surface area contributed by atoms with Crippen LogP contribution < -0.4 is 10.6 Å². The summed E-state index contributed by atoms with van der Waals surface area (Å²) in [5, 5.41) is 5.78. The molecule has 1 fully saturated rings. The van der Waals surface area contributed by atoms with Gasteiger partial charge in [0.1, 0.15) is 5.82 Å². The number of carbonyl (C=O) groups excluding carboxylic acids is 3. The fourth-order valence-corrected chi connectivity index (χ4v) is 3.35. The monoisotopic (exact) mass is 446 g/mol. The highest BCUT2D eigenvalue weighted by atomic mass is 35.5. The van der Waals surface area contributed by atoms with Gasteiger partial charge in [0.25, 0.3) is 5.91 Å². The molecule has 164 valence electrons. The van der Waals surface area contributed by atoms with Crippen molar-refractivity contribution in [1.29, 1.82) is 0 Å².